The fourth-order valence-corrected chi connectivity index (χ4v) is 1.93. The zero-order valence-corrected chi connectivity index (χ0v) is 9.68. The van der Waals surface area contributed by atoms with Gasteiger partial charge in [-0.05, 0) is 11.4 Å². The fourth-order valence-electron chi connectivity index (χ4n) is 0.509. The Balaban J connectivity index is 0.000000288. The molecule has 0 aliphatic carbocycles. The summed E-state index contributed by atoms with van der Waals surface area (Å²) in [5.74, 6) is -0.394. The van der Waals surface area contributed by atoms with Crippen LogP contribution >= 0.6 is 11.3 Å². The first-order chi connectivity index (χ1) is 6.91. The molecule has 84 valence electrons. The van der Waals surface area contributed by atoms with Gasteiger partial charge < -0.3 is 4.74 Å². The van der Waals surface area contributed by atoms with Crippen molar-refractivity contribution in [2.24, 2.45) is 5.14 Å². The zero-order valence-electron chi connectivity index (χ0n) is 8.04. The standard InChI is InChI=1S/C4H5NO2S2.C4H6O2/c5-9(6,7)4-2-1-3-8-4;1-3-4(5)6-2/h1-3H,(H2,5,6,7);3H,1H2,2H3. The van der Waals surface area contributed by atoms with E-state index in [1.54, 1.807) is 11.4 Å². The molecule has 0 atom stereocenters. The number of ether oxygens (including phenoxy) is 1. The van der Waals surface area contributed by atoms with Crippen LogP contribution in [0.2, 0.25) is 0 Å². The van der Waals surface area contributed by atoms with E-state index < -0.39 is 16.0 Å². The lowest BCUT2D eigenvalue weighted by Crippen LogP contribution is -2.09. The summed E-state index contributed by atoms with van der Waals surface area (Å²) in [6.07, 6.45) is 1.11. The van der Waals surface area contributed by atoms with Crippen LogP contribution in [0.25, 0.3) is 0 Å². The van der Waals surface area contributed by atoms with E-state index in [2.05, 4.69) is 11.3 Å². The summed E-state index contributed by atoms with van der Waals surface area (Å²) in [6.45, 7) is 3.16. The highest BCUT2D eigenvalue weighted by molar-refractivity contribution is 7.91. The molecule has 1 aromatic rings. The molecule has 0 spiro atoms. The van der Waals surface area contributed by atoms with Crippen LogP contribution in [0.15, 0.2) is 34.4 Å². The first-order valence-corrected chi connectivity index (χ1v) is 6.11. The van der Waals surface area contributed by atoms with E-state index in [0.29, 0.717) is 0 Å². The van der Waals surface area contributed by atoms with Crippen molar-refractivity contribution in [1.29, 1.82) is 0 Å². The maximum Gasteiger partial charge on any atom is 0.329 e. The molecule has 1 rings (SSSR count). The number of thiophene rings is 1. The maximum atomic E-state index is 10.5. The molecule has 0 aliphatic rings. The van der Waals surface area contributed by atoms with Gasteiger partial charge in [-0.3, -0.25) is 0 Å². The van der Waals surface area contributed by atoms with Gasteiger partial charge in [0, 0.05) is 6.08 Å². The minimum Gasteiger partial charge on any atom is -0.466 e. The number of esters is 1. The summed E-state index contributed by atoms with van der Waals surface area (Å²) in [5, 5.41) is 6.45. The Labute approximate surface area is 92.2 Å². The third-order valence-electron chi connectivity index (χ3n) is 1.14. The highest BCUT2D eigenvalue weighted by Crippen LogP contribution is 2.12. The van der Waals surface area contributed by atoms with E-state index in [1.165, 1.54) is 13.2 Å². The van der Waals surface area contributed by atoms with Crippen molar-refractivity contribution in [1.82, 2.24) is 0 Å². The molecule has 0 unspecified atom stereocenters. The summed E-state index contributed by atoms with van der Waals surface area (Å²) >= 11 is 1.12. The number of nitrogens with two attached hydrogens (primary N) is 1. The fraction of sp³-hybridized carbons (Fsp3) is 0.125. The average molecular weight is 249 g/mol. The molecule has 0 bridgehead atoms. The second kappa shape index (κ2) is 6.33. The lowest BCUT2D eigenvalue weighted by molar-refractivity contribution is -0.134. The van der Waals surface area contributed by atoms with E-state index in [4.69, 9.17) is 5.14 Å². The molecule has 7 heteroatoms. The van der Waals surface area contributed by atoms with Crippen LogP contribution in [0.4, 0.5) is 0 Å². The minimum atomic E-state index is -3.44. The lowest BCUT2D eigenvalue weighted by Gasteiger charge is -1.86. The molecular formula is C8H11NO4S2. The molecule has 0 radical (unpaired) electrons. The van der Waals surface area contributed by atoms with Crippen LogP contribution in [0, 0.1) is 0 Å². The summed E-state index contributed by atoms with van der Waals surface area (Å²) < 4.78 is 25.3. The first kappa shape index (κ1) is 13.8. The van der Waals surface area contributed by atoms with Gasteiger partial charge >= 0.3 is 5.97 Å². The van der Waals surface area contributed by atoms with Crippen LogP contribution in [0.3, 0.4) is 0 Å². The normalized spacial score (nSPS) is 9.73. The van der Waals surface area contributed by atoms with Crippen molar-refractivity contribution < 1.29 is 17.9 Å². The van der Waals surface area contributed by atoms with Gasteiger partial charge in [0.15, 0.2) is 0 Å². The number of carbonyl (C=O) groups is 1. The molecule has 0 fully saturated rings. The SMILES string of the molecule is C=CC(=O)OC.NS(=O)(=O)c1cccs1. The molecule has 15 heavy (non-hydrogen) atoms. The molecule has 5 nitrogen and oxygen atoms in total. The number of primary sulfonamides is 1. The average Bonchev–Trinajstić information content (AvgIpc) is 2.69. The maximum absolute atomic E-state index is 10.5. The van der Waals surface area contributed by atoms with Crippen molar-refractivity contribution in [3.05, 3.63) is 30.2 Å². The number of hydrogen-bond acceptors (Lipinski definition) is 5. The van der Waals surface area contributed by atoms with Crippen LogP contribution in [0.5, 0.6) is 0 Å². The van der Waals surface area contributed by atoms with Gasteiger partial charge in [-0.25, -0.2) is 18.4 Å². The summed E-state index contributed by atoms with van der Waals surface area (Å²) in [4.78, 5) is 9.84. The molecule has 0 saturated heterocycles. The Bertz CT molecular complexity index is 408. The lowest BCUT2D eigenvalue weighted by atomic mass is 10.7. The Morgan fingerprint density at radius 1 is 1.67 bits per heavy atom. The second-order valence-electron chi connectivity index (χ2n) is 2.20. The highest BCUT2D eigenvalue weighted by Gasteiger charge is 2.06. The third-order valence-corrected chi connectivity index (χ3v) is 3.49. The van der Waals surface area contributed by atoms with Crippen molar-refractivity contribution in [2.45, 2.75) is 4.21 Å². The number of carbonyl (C=O) groups excluding carboxylic acids is 1. The number of methoxy groups -OCH3 is 1. The van der Waals surface area contributed by atoms with Crippen LogP contribution in [-0.2, 0) is 19.6 Å². The van der Waals surface area contributed by atoms with E-state index in [1.807, 2.05) is 0 Å². The summed E-state index contributed by atoms with van der Waals surface area (Å²) in [5.41, 5.74) is 0. The van der Waals surface area contributed by atoms with Gasteiger partial charge in [0.2, 0.25) is 10.0 Å². The summed E-state index contributed by atoms with van der Waals surface area (Å²) in [6, 6.07) is 3.12. The van der Waals surface area contributed by atoms with Gasteiger partial charge in [-0.15, -0.1) is 11.3 Å². The largest absolute Gasteiger partial charge is 0.466 e. The highest BCUT2D eigenvalue weighted by atomic mass is 32.2. The topological polar surface area (TPSA) is 86.5 Å². The Kier molecular flexibility index (Phi) is 5.83. The molecule has 0 amide bonds. The second-order valence-corrected chi connectivity index (χ2v) is 4.94. The molecule has 0 saturated carbocycles. The van der Waals surface area contributed by atoms with Crippen molar-refractivity contribution in [3.63, 3.8) is 0 Å². The van der Waals surface area contributed by atoms with Gasteiger partial charge in [0.25, 0.3) is 0 Å². The van der Waals surface area contributed by atoms with Crippen molar-refractivity contribution in [3.8, 4) is 0 Å². The Morgan fingerprint density at radius 2 is 2.27 bits per heavy atom. The van der Waals surface area contributed by atoms with Crippen LogP contribution in [-0.4, -0.2) is 21.5 Å². The minimum absolute atomic E-state index is 0.211. The van der Waals surface area contributed by atoms with E-state index in [0.717, 1.165) is 17.4 Å². The first-order valence-electron chi connectivity index (χ1n) is 3.68. The van der Waals surface area contributed by atoms with Gasteiger partial charge in [-0.1, -0.05) is 12.6 Å². The van der Waals surface area contributed by atoms with E-state index in [9.17, 15) is 13.2 Å². The Morgan fingerprint density at radius 3 is 2.40 bits per heavy atom. The van der Waals surface area contributed by atoms with Crippen LogP contribution in [0.1, 0.15) is 0 Å². The molecule has 1 heterocycles. The zero-order chi connectivity index (χ0) is 11.9. The van der Waals surface area contributed by atoms with Crippen LogP contribution < -0.4 is 5.14 Å². The molecule has 2 N–H and O–H groups in total. The Hall–Kier alpha value is -1.18. The number of hydrogen-bond donors (Lipinski definition) is 1. The van der Waals surface area contributed by atoms with Crippen molar-refractivity contribution in [2.75, 3.05) is 7.11 Å². The predicted octanol–water partition coefficient (Wildman–Crippen LogP) is 0.741. The third kappa shape index (κ3) is 6.00. The smallest absolute Gasteiger partial charge is 0.329 e. The van der Waals surface area contributed by atoms with Gasteiger partial charge in [-0.2, -0.15) is 0 Å². The molecule has 0 aliphatic heterocycles. The van der Waals surface area contributed by atoms with Gasteiger partial charge in [0.1, 0.15) is 4.21 Å². The number of sulfonamides is 1. The van der Waals surface area contributed by atoms with Crippen molar-refractivity contribution >= 4 is 27.3 Å². The quantitative estimate of drug-likeness (QED) is 0.618. The molecular weight excluding hydrogens is 238 g/mol. The summed E-state index contributed by atoms with van der Waals surface area (Å²) in [7, 11) is -2.13. The van der Waals surface area contributed by atoms with Gasteiger partial charge in [0.05, 0.1) is 7.11 Å². The molecule has 1 aromatic heterocycles. The van der Waals surface area contributed by atoms with E-state index in [-0.39, 0.29) is 4.21 Å². The predicted molar refractivity (Wildman–Crippen MR) is 57.9 cm³/mol. The molecule has 0 aromatic carbocycles. The monoisotopic (exact) mass is 249 g/mol. The number of rotatable bonds is 2. The van der Waals surface area contributed by atoms with E-state index >= 15 is 0 Å².